The normalized spacial score (nSPS) is 23.4. The number of carboxylic acid groups (broad SMARTS) is 1. The highest BCUT2D eigenvalue weighted by molar-refractivity contribution is 6.30. The molecule has 154 valence electrons. The molecule has 1 aromatic carbocycles. The summed E-state index contributed by atoms with van der Waals surface area (Å²) in [7, 11) is 0. The zero-order valence-electron chi connectivity index (χ0n) is 15.8. The minimum atomic E-state index is -1.15. The molecule has 2 heterocycles. The van der Waals surface area contributed by atoms with E-state index in [1.807, 2.05) is 0 Å². The van der Waals surface area contributed by atoms with E-state index in [1.165, 1.54) is 18.3 Å². The molecule has 1 aliphatic heterocycles. The summed E-state index contributed by atoms with van der Waals surface area (Å²) < 4.78 is 20.5. The molecule has 2 aliphatic rings. The standard InChI is InChI=1S/C20H21ClFN3O4/c1-11-7-25(23-18(11)19(26)27)20(28)24-8-13-4-17(5-14(13)9-24)29-10-12-2-15(21)6-16(22)3-12/h2-3,6-7,13-14,17H,4-5,8-10H2,1H3,(H,26,27)/t13-,14+,17+. The molecule has 2 fully saturated rings. The molecule has 0 spiro atoms. The van der Waals surface area contributed by atoms with Gasteiger partial charge in [0.15, 0.2) is 5.69 Å². The Morgan fingerprint density at radius 3 is 2.55 bits per heavy atom. The number of aryl methyl sites for hydroxylation is 1. The van der Waals surface area contributed by atoms with Crippen LogP contribution in [0.5, 0.6) is 0 Å². The van der Waals surface area contributed by atoms with Crippen molar-refractivity contribution in [2.24, 2.45) is 11.8 Å². The molecule has 1 aromatic heterocycles. The van der Waals surface area contributed by atoms with Crippen LogP contribution in [0.15, 0.2) is 24.4 Å². The van der Waals surface area contributed by atoms with E-state index in [2.05, 4.69) is 5.10 Å². The lowest BCUT2D eigenvalue weighted by atomic mass is 10.0. The van der Waals surface area contributed by atoms with Crippen molar-refractivity contribution in [1.29, 1.82) is 0 Å². The van der Waals surface area contributed by atoms with Gasteiger partial charge in [-0.3, -0.25) is 0 Å². The monoisotopic (exact) mass is 421 g/mol. The van der Waals surface area contributed by atoms with Crippen LogP contribution in [0.3, 0.4) is 0 Å². The number of carbonyl (C=O) groups is 2. The van der Waals surface area contributed by atoms with E-state index < -0.39 is 5.97 Å². The van der Waals surface area contributed by atoms with E-state index in [-0.39, 0.29) is 23.6 Å². The fourth-order valence-corrected chi connectivity index (χ4v) is 4.60. The number of rotatable bonds is 4. The molecule has 29 heavy (non-hydrogen) atoms. The number of ether oxygens (including phenoxy) is 1. The van der Waals surface area contributed by atoms with Crippen LogP contribution in [0.25, 0.3) is 0 Å². The summed E-state index contributed by atoms with van der Waals surface area (Å²) in [6.07, 6.45) is 3.18. The first kappa shape index (κ1) is 19.8. The summed E-state index contributed by atoms with van der Waals surface area (Å²) in [4.78, 5) is 25.5. The second kappa shape index (κ2) is 7.76. The second-order valence-electron chi connectivity index (χ2n) is 7.80. The number of amides is 1. The maximum Gasteiger partial charge on any atom is 0.356 e. The van der Waals surface area contributed by atoms with Crippen molar-refractivity contribution in [3.05, 3.63) is 52.1 Å². The third kappa shape index (κ3) is 4.13. The fraction of sp³-hybridized carbons (Fsp3) is 0.450. The van der Waals surface area contributed by atoms with E-state index in [4.69, 9.17) is 21.4 Å². The first-order chi connectivity index (χ1) is 13.8. The summed E-state index contributed by atoms with van der Waals surface area (Å²) in [5, 5.41) is 13.4. The molecule has 3 atom stereocenters. The highest BCUT2D eigenvalue weighted by Crippen LogP contribution is 2.40. The Hall–Kier alpha value is -2.45. The van der Waals surface area contributed by atoms with Crippen molar-refractivity contribution in [2.75, 3.05) is 13.1 Å². The van der Waals surface area contributed by atoms with Crippen LogP contribution in [-0.4, -0.2) is 51.0 Å². The van der Waals surface area contributed by atoms with Crippen molar-refractivity contribution in [3.63, 3.8) is 0 Å². The maximum atomic E-state index is 13.4. The molecule has 0 unspecified atom stereocenters. The summed E-state index contributed by atoms with van der Waals surface area (Å²) in [5.41, 5.74) is 1.05. The molecule has 9 heteroatoms. The van der Waals surface area contributed by atoms with E-state index >= 15 is 0 Å². The van der Waals surface area contributed by atoms with E-state index in [0.29, 0.717) is 47.7 Å². The molecule has 4 rings (SSSR count). The molecule has 1 saturated carbocycles. The number of carboxylic acids is 1. The van der Waals surface area contributed by atoms with Gasteiger partial charge in [-0.25, -0.2) is 14.0 Å². The minimum absolute atomic E-state index is 0.0647. The number of aromatic nitrogens is 2. The quantitative estimate of drug-likeness (QED) is 0.815. The third-order valence-corrected chi connectivity index (χ3v) is 5.90. The largest absolute Gasteiger partial charge is 0.476 e. The van der Waals surface area contributed by atoms with E-state index in [1.54, 1.807) is 17.9 Å². The minimum Gasteiger partial charge on any atom is -0.476 e. The number of hydrogen-bond acceptors (Lipinski definition) is 4. The Kier molecular flexibility index (Phi) is 5.31. The van der Waals surface area contributed by atoms with Crippen molar-refractivity contribution in [3.8, 4) is 0 Å². The molecule has 1 aliphatic carbocycles. The van der Waals surface area contributed by atoms with E-state index in [9.17, 15) is 14.0 Å². The van der Waals surface area contributed by atoms with Crippen molar-refractivity contribution in [2.45, 2.75) is 32.5 Å². The van der Waals surface area contributed by atoms with Crippen LogP contribution in [-0.2, 0) is 11.3 Å². The molecule has 1 amide bonds. The Morgan fingerprint density at radius 2 is 1.97 bits per heavy atom. The lowest BCUT2D eigenvalue weighted by Gasteiger charge is -2.19. The summed E-state index contributed by atoms with van der Waals surface area (Å²) in [6.45, 7) is 3.11. The van der Waals surface area contributed by atoms with Gasteiger partial charge in [-0.2, -0.15) is 9.78 Å². The number of benzene rings is 1. The summed E-state index contributed by atoms with van der Waals surface area (Å²) in [6, 6.07) is 4.07. The number of halogens is 2. The van der Waals surface area contributed by atoms with Gasteiger partial charge in [0.25, 0.3) is 0 Å². The summed E-state index contributed by atoms with van der Waals surface area (Å²) >= 11 is 5.88. The second-order valence-corrected chi connectivity index (χ2v) is 8.24. The maximum absolute atomic E-state index is 13.4. The zero-order valence-corrected chi connectivity index (χ0v) is 16.6. The van der Waals surface area contributed by atoms with Gasteiger partial charge in [-0.1, -0.05) is 11.6 Å². The Balaban J connectivity index is 1.32. The highest BCUT2D eigenvalue weighted by Gasteiger charge is 2.43. The molecular formula is C20H21ClFN3O4. The fourth-order valence-electron chi connectivity index (χ4n) is 4.36. The van der Waals surface area contributed by atoms with Crippen LogP contribution < -0.4 is 0 Å². The topological polar surface area (TPSA) is 84.7 Å². The van der Waals surface area contributed by atoms with Crippen LogP contribution >= 0.6 is 11.6 Å². The number of carbonyl (C=O) groups excluding carboxylic acids is 1. The van der Waals surface area contributed by atoms with Crippen LogP contribution in [0.4, 0.5) is 9.18 Å². The van der Waals surface area contributed by atoms with Crippen LogP contribution in [0.1, 0.15) is 34.5 Å². The van der Waals surface area contributed by atoms with Crippen molar-refractivity contribution < 1.29 is 23.8 Å². The van der Waals surface area contributed by atoms with Gasteiger partial charge in [0.2, 0.25) is 0 Å². The molecule has 0 radical (unpaired) electrons. The smallest absolute Gasteiger partial charge is 0.356 e. The van der Waals surface area contributed by atoms with Gasteiger partial charge in [0.05, 0.1) is 12.7 Å². The summed E-state index contributed by atoms with van der Waals surface area (Å²) in [5.74, 6) is -0.869. The highest BCUT2D eigenvalue weighted by atomic mass is 35.5. The number of likely N-dealkylation sites (tertiary alicyclic amines) is 1. The first-order valence-corrected chi connectivity index (χ1v) is 9.83. The molecular weight excluding hydrogens is 401 g/mol. The number of aromatic carboxylic acids is 1. The lowest BCUT2D eigenvalue weighted by molar-refractivity contribution is 0.0382. The number of nitrogens with zero attached hydrogens (tertiary/aromatic N) is 3. The number of fused-ring (bicyclic) bond motifs is 1. The number of hydrogen-bond donors (Lipinski definition) is 1. The molecule has 2 aromatic rings. The predicted octanol–water partition coefficient (Wildman–Crippen LogP) is 3.58. The zero-order chi connectivity index (χ0) is 20.7. The van der Waals surface area contributed by atoms with Gasteiger partial charge >= 0.3 is 12.0 Å². The first-order valence-electron chi connectivity index (χ1n) is 9.45. The van der Waals surface area contributed by atoms with Gasteiger partial charge in [0, 0.05) is 29.9 Å². The third-order valence-electron chi connectivity index (χ3n) is 5.68. The lowest BCUT2D eigenvalue weighted by Crippen LogP contribution is -2.34. The van der Waals surface area contributed by atoms with E-state index in [0.717, 1.165) is 17.5 Å². The Morgan fingerprint density at radius 1 is 1.28 bits per heavy atom. The Labute approximate surface area is 172 Å². The Bertz CT molecular complexity index is 929. The SMILES string of the molecule is Cc1cn(C(=O)N2C[C@H]3C[C@H](OCc4cc(F)cc(Cl)c4)C[C@H]3C2)nc1C(=O)O. The average Bonchev–Trinajstić information content (AvgIpc) is 3.31. The van der Waals surface area contributed by atoms with Crippen LogP contribution in [0.2, 0.25) is 5.02 Å². The average molecular weight is 422 g/mol. The predicted molar refractivity (Wildman–Crippen MR) is 102 cm³/mol. The molecule has 7 nitrogen and oxygen atoms in total. The van der Waals surface area contributed by atoms with Crippen molar-refractivity contribution >= 4 is 23.6 Å². The van der Waals surface area contributed by atoms with Crippen LogP contribution in [0, 0.1) is 24.6 Å². The van der Waals surface area contributed by atoms with Gasteiger partial charge in [-0.15, -0.1) is 0 Å². The molecule has 1 saturated heterocycles. The van der Waals surface area contributed by atoms with Gasteiger partial charge < -0.3 is 14.7 Å². The molecule has 0 bridgehead atoms. The molecule has 1 N–H and O–H groups in total. The van der Waals surface area contributed by atoms with Crippen molar-refractivity contribution in [1.82, 2.24) is 14.7 Å². The van der Waals surface area contributed by atoms with Gasteiger partial charge in [-0.05, 0) is 55.4 Å². The van der Waals surface area contributed by atoms with Gasteiger partial charge in [0.1, 0.15) is 5.82 Å².